The minimum Gasteiger partial charge on any atom is -0.492 e. The lowest BCUT2D eigenvalue weighted by Crippen LogP contribution is -2.50. The fourth-order valence-corrected chi connectivity index (χ4v) is 5.32. The first-order valence-corrected chi connectivity index (χ1v) is 13.0. The van der Waals surface area contributed by atoms with E-state index in [2.05, 4.69) is 5.32 Å². The Kier molecular flexibility index (Phi) is 10.2. The van der Waals surface area contributed by atoms with E-state index in [1.807, 2.05) is 19.9 Å². The maximum absolute atomic E-state index is 13.7. The molecule has 7 atom stereocenters. The van der Waals surface area contributed by atoms with Crippen molar-refractivity contribution < 1.29 is 42.9 Å². The van der Waals surface area contributed by atoms with Crippen LogP contribution >= 0.6 is 0 Å². The maximum atomic E-state index is 13.7. The number of nitrogens with one attached hydrogen (secondary N) is 1. The molecule has 1 saturated heterocycles. The second-order valence-electron chi connectivity index (χ2n) is 10.2. The van der Waals surface area contributed by atoms with Gasteiger partial charge in [-0.25, -0.2) is 4.79 Å². The molecule has 2 heterocycles. The lowest BCUT2D eigenvalue weighted by Gasteiger charge is -2.43. The molecule has 1 fully saturated rings. The van der Waals surface area contributed by atoms with E-state index < -0.39 is 48.0 Å². The zero-order valence-electron chi connectivity index (χ0n) is 23.9. The predicted octanol–water partition coefficient (Wildman–Crippen LogP) is 2.42. The SMILES string of the molecule is COC1=C2C(=O)C(=CC1=O)NC(=O)/C(C)=C\C=C/[C@H](OC)[C@@H](OC(N)=O)/C(C)=C\[C@H](C)[C@H]1O[C@@H]2[C@@H](C)C[C@@H]1OC. The molecule has 3 aliphatic rings. The third-order valence-corrected chi connectivity index (χ3v) is 7.38. The number of ketones is 2. The van der Waals surface area contributed by atoms with Crippen LogP contribution < -0.4 is 11.1 Å². The summed E-state index contributed by atoms with van der Waals surface area (Å²) in [5, 5.41) is 2.55. The van der Waals surface area contributed by atoms with Gasteiger partial charge in [-0.3, -0.25) is 14.4 Å². The number of nitrogens with two attached hydrogens (primary N) is 1. The molecule has 0 aromatic carbocycles. The van der Waals surface area contributed by atoms with Gasteiger partial charge in [0.05, 0.1) is 36.7 Å². The summed E-state index contributed by atoms with van der Waals surface area (Å²) in [6, 6.07) is 0. The van der Waals surface area contributed by atoms with Gasteiger partial charge in [-0.15, -0.1) is 0 Å². The highest BCUT2D eigenvalue weighted by atomic mass is 16.6. The third kappa shape index (κ3) is 6.60. The van der Waals surface area contributed by atoms with Gasteiger partial charge >= 0.3 is 6.09 Å². The van der Waals surface area contributed by atoms with Crippen molar-refractivity contribution in [3.8, 4) is 0 Å². The van der Waals surface area contributed by atoms with Crippen molar-refractivity contribution in [2.24, 2.45) is 17.6 Å². The van der Waals surface area contributed by atoms with Crippen molar-refractivity contribution in [2.75, 3.05) is 21.3 Å². The third-order valence-electron chi connectivity index (χ3n) is 7.38. The molecule has 11 nitrogen and oxygen atoms in total. The zero-order chi connectivity index (χ0) is 29.7. The molecule has 4 bridgehead atoms. The number of carbonyl (C=O) groups excluding carboxylic acids is 4. The summed E-state index contributed by atoms with van der Waals surface area (Å²) >= 11 is 0. The molecule has 0 radical (unpaired) electrons. The van der Waals surface area contributed by atoms with Gasteiger partial charge in [-0.2, -0.15) is 0 Å². The summed E-state index contributed by atoms with van der Waals surface area (Å²) < 4.78 is 28.7. The lowest BCUT2D eigenvalue weighted by atomic mass is 9.80. The van der Waals surface area contributed by atoms with Crippen molar-refractivity contribution in [3.63, 3.8) is 0 Å². The van der Waals surface area contributed by atoms with Gasteiger partial charge in [-0.05, 0) is 31.8 Å². The highest BCUT2D eigenvalue weighted by Crippen LogP contribution is 2.38. The molecular weight excluding hydrogens is 520 g/mol. The largest absolute Gasteiger partial charge is 0.492 e. The van der Waals surface area contributed by atoms with Crippen molar-refractivity contribution in [2.45, 2.75) is 64.6 Å². The molecule has 3 rings (SSSR count). The highest BCUT2D eigenvalue weighted by Gasteiger charge is 2.45. The fraction of sp³-hybridized carbons (Fsp3) is 0.517. The van der Waals surface area contributed by atoms with Crippen LogP contribution in [0.1, 0.15) is 34.1 Å². The van der Waals surface area contributed by atoms with Crippen LogP contribution in [0.3, 0.4) is 0 Å². The van der Waals surface area contributed by atoms with Crippen molar-refractivity contribution in [1.82, 2.24) is 5.32 Å². The Morgan fingerprint density at radius 1 is 1.10 bits per heavy atom. The van der Waals surface area contributed by atoms with Crippen LogP contribution in [-0.4, -0.2) is 75.4 Å². The minimum absolute atomic E-state index is 0.0467. The van der Waals surface area contributed by atoms with Gasteiger partial charge in [0.2, 0.25) is 11.6 Å². The number of carbonyl (C=O) groups is 4. The van der Waals surface area contributed by atoms with E-state index in [0.717, 1.165) is 6.08 Å². The molecule has 0 aromatic heterocycles. The average molecular weight is 559 g/mol. The number of hydrogen-bond acceptors (Lipinski definition) is 9. The molecule has 3 N–H and O–H groups in total. The van der Waals surface area contributed by atoms with Crippen LogP contribution in [0.2, 0.25) is 0 Å². The number of amides is 2. The monoisotopic (exact) mass is 558 g/mol. The summed E-state index contributed by atoms with van der Waals surface area (Å²) in [7, 11) is 4.36. The Hall–Kier alpha value is -3.54. The quantitative estimate of drug-likeness (QED) is 0.391. The Balaban J connectivity index is 2.19. The predicted molar refractivity (Wildman–Crippen MR) is 145 cm³/mol. The summed E-state index contributed by atoms with van der Waals surface area (Å²) in [5.41, 5.74) is 6.15. The number of primary amides is 1. The molecule has 0 spiro atoms. The Bertz CT molecular complexity index is 1200. The number of allylic oxidation sites excluding steroid dienone is 4. The van der Waals surface area contributed by atoms with Crippen molar-refractivity contribution >= 4 is 23.6 Å². The molecule has 218 valence electrons. The molecule has 0 saturated carbocycles. The maximum Gasteiger partial charge on any atom is 0.405 e. The molecule has 1 aliphatic carbocycles. The Morgan fingerprint density at radius 3 is 2.40 bits per heavy atom. The zero-order valence-corrected chi connectivity index (χ0v) is 23.9. The van der Waals surface area contributed by atoms with E-state index in [9.17, 15) is 19.2 Å². The summed E-state index contributed by atoms with van der Waals surface area (Å²) in [6.45, 7) is 7.14. The molecule has 2 amide bonds. The van der Waals surface area contributed by atoms with Crippen LogP contribution in [0.4, 0.5) is 4.79 Å². The van der Waals surface area contributed by atoms with Gasteiger partial charge in [-0.1, -0.05) is 38.2 Å². The van der Waals surface area contributed by atoms with E-state index >= 15 is 0 Å². The highest BCUT2D eigenvalue weighted by molar-refractivity contribution is 6.23. The number of Topliss-reactive ketones (excluding diaryl/α,β-unsaturated/α-hetero) is 1. The van der Waals surface area contributed by atoms with Crippen LogP contribution in [0.25, 0.3) is 0 Å². The second kappa shape index (κ2) is 13.2. The van der Waals surface area contributed by atoms with Gasteiger partial charge < -0.3 is 34.7 Å². The van der Waals surface area contributed by atoms with Gasteiger partial charge in [0.25, 0.3) is 5.91 Å². The van der Waals surface area contributed by atoms with Crippen LogP contribution in [0, 0.1) is 11.8 Å². The topological polar surface area (TPSA) is 152 Å². The normalized spacial score (nSPS) is 35.3. The van der Waals surface area contributed by atoms with E-state index in [4.69, 9.17) is 29.4 Å². The fourth-order valence-electron chi connectivity index (χ4n) is 5.32. The average Bonchev–Trinajstić information content (AvgIpc) is 2.90. The van der Waals surface area contributed by atoms with E-state index in [-0.39, 0.29) is 40.5 Å². The van der Waals surface area contributed by atoms with Crippen LogP contribution in [0.15, 0.2) is 58.6 Å². The molecule has 2 aliphatic heterocycles. The van der Waals surface area contributed by atoms with Crippen molar-refractivity contribution in [3.05, 3.63) is 58.6 Å². The molecular formula is C29H38N2O9. The summed E-state index contributed by atoms with van der Waals surface area (Å²) in [4.78, 5) is 51.4. The first-order chi connectivity index (χ1) is 18.9. The smallest absolute Gasteiger partial charge is 0.405 e. The van der Waals surface area contributed by atoms with Gasteiger partial charge in [0.1, 0.15) is 6.10 Å². The van der Waals surface area contributed by atoms with Crippen molar-refractivity contribution in [1.29, 1.82) is 0 Å². The standard InChI is InChI=1S/C29H38N2O9/c1-14-9-8-10-20(36-5)24(40-29(30)35)15(2)11-16(3)25-21(37-6)12-17(4)26(39-25)22-23(33)18(31-28(14)34)13-19(32)27(22)38-7/h8-11,13,16-17,20-21,24-26H,12H2,1-7H3,(H2,30,35)(H,31,34)/b10-8-,14-9-,15-11-/t16-,17-,20-,21-,24-,25+,26+/m0/s1. The number of rotatable bonds is 4. The summed E-state index contributed by atoms with van der Waals surface area (Å²) in [5.74, 6) is -2.35. The number of hydrogen-bond donors (Lipinski definition) is 2. The lowest BCUT2D eigenvalue weighted by molar-refractivity contribution is -0.155. The first-order valence-electron chi connectivity index (χ1n) is 13.0. The summed E-state index contributed by atoms with van der Waals surface area (Å²) in [6.07, 6.45) is 3.87. The minimum atomic E-state index is -0.974. The van der Waals surface area contributed by atoms with Gasteiger partial charge in [0.15, 0.2) is 11.9 Å². The van der Waals surface area contributed by atoms with Gasteiger partial charge in [0, 0.05) is 31.8 Å². The van der Waals surface area contributed by atoms with E-state index in [0.29, 0.717) is 12.0 Å². The van der Waals surface area contributed by atoms with Crippen LogP contribution in [-0.2, 0) is 38.1 Å². The molecule has 0 unspecified atom stereocenters. The molecule has 0 aromatic rings. The molecule has 40 heavy (non-hydrogen) atoms. The molecule has 11 heteroatoms. The van der Waals surface area contributed by atoms with Crippen LogP contribution in [0.5, 0.6) is 0 Å². The second-order valence-corrected chi connectivity index (χ2v) is 10.2. The van der Waals surface area contributed by atoms with E-state index in [1.54, 1.807) is 33.1 Å². The Morgan fingerprint density at radius 2 is 1.80 bits per heavy atom. The van der Waals surface area contributed by atoms with E-state index in [1.165, 1.54) is 20.3 Å². The Labute approximate surface area is 234 Å². The number of methoxy groups -OCH3 is 3. The first kappa shape index (κ1) is 31.0. The number of fused-ring (bicyclic) bond motifs is 5. The number of ether oxygens (including phenoxy) is 5.